The monoisotopic (exact) mass is 449 g/mol. The molecule has 0 bridgehead atoms. The summed E-state index contributed by atoms with van der Waals surface area (Å²) in [5, 5.41) is 3.54. The summed E-state index contributed by atoms with van der Waals surface area (Å²) in [5.41, 5.74) is 1.87. The highest BCUT2D eigenvalue weighted by molar-refractivity contribution is 9.10. The van der Waals surface area contributed by atoms with Crippen LogP contribution in [0.5, 0.6) is 0 Å². The van der Waals surface area contributed by atoms with Crippen LogP contribution in [0, 0.1) is 0 Å². The van der Waals surface area contributed by atoms with Gasteiger partial charge in [-0.25, -0.2) is 4.79 Å². The van der Waals surface area contributed by atoms with Gasteiger partial charge >= 0.3 is 6.03 Å². The molecule has 0 saturated carbocycles. The summed E-state index contributed by atoms with van der Waals surface area (Å²) in [6.07, 6.45) is 0.286. The maximum atomic E-state index is 12.5. The van der Waals surface area contributed by atoms with Crippen molar-refractivity contribution in [3.05, 3.63) is 69.2 Å². The van der Waals surface area contributed by atoms with Crippen molar-refractivity contribution >= 4 is 39.5 Å². The van der Waals surface area contributed by atoms with Crippen molar-refractivity contribution < 1.29 is 9.59 Å². The first-order valence-corrected chi connectivity index (χ1v) is 9.98. The van der Waals surface area contributed by atoms with Crippen LogP contribution in [0.15, 0.2) is 53.0 Å². The van der Waals surface area contributed by atoms with Crippen LogP contribution >= 0.6 is 27.5 Å². The van der Waals surface area contributed by atoms with E-state index in [4.69, 9.17) is 11.6 Å². The van der Waals surface area contributed by atoms with Crippen LogP contribution in [0.3, 0.4) is 0 Å². The molecule has 1 N–H and O–H groups in total. The Bertz CT molecular complexity index is 822. The zero-order chi connectivity index (χ0) is 19.2. The molecule has 0 spiro atoms. The average Bonchev–Trinajstić information content (AvgIpc) is 2.68. The minimum absolute atomic E-state index is 0.0392. The Hall–Kier alpha value is -2.05. The van der Waals surface area contributed by atoms with E-state index in [1.165, 1.54) is 0 Å². The number of hydrogen-bond donors (Lipinski definition) is 1. The molecular weight excluding hydrogens is 430 g/mol. The molecule has 0 atom stereocenters. The standard InChI is InChI=1S/C20H21BrClN3O2/c21-17-6-3-4-15(12-17)14-23-20(27)25-10-8-24(9-11-25)19(26)13-16-5-1-2-7-18(16)22/h1-7,12H,8-11,13-14H2,(H,23,27). The summed E-state index contributed by atoms with van der Waals surface area (Å²) >= 11 is 9.56. The topological polar surface area (TPSA) is 52.7 Å². The van der Waals surface area contributed by atoms with Gasteiger partial charge < -0.3 is 15.1 Å². The van der Waals surface area contributed by atoms with E-state index in [0.29, 0.717) is 37.7 Å². The van der Waals surface area contributed by atoms with E-state index in [2.05, 4.69) is 21.2 Å². The molecule has 0 unspecified atom stereocenters. The zero-order valence-corrected chi connectivity index (χ0v) is 17.2. The summed E-state index contributed by atoms with van der Waals surface area (Å²) in [7, 11) is 0. The van der Waals surface area contributed by atoms with E-state index in [1.807, 2.05) is 42.5 Å². The first kappa shape index (κ1) is 19.7. The number of halogens is 2. The number of rotatable bonds is 4. The Morgan fingerprint density at radius 1 is 1.00 bits per heavy atom. The average molecular weight is 451 g/mol. The maximum absolute atomic E-state index is 12.5. The second-order valence-corrected chi connectivity index (χ2v) is 7.75. The smallest absolute Gasteiger partial charge is 0.317 e. The SMILES string of the molecule is O=C(Cc1ccccc1Cl)N1CCN(C(=O)NCc2cccc(Br)c2)CC1. The van der Waals surface area contributed by atoms with Gasteiger partial charge in [-0.15, -0.1) is 0 Å². The summed E-state index contributed by atoms with van der Waals surface area (Å²) in [6, 6.07) is 15.1. The first-order valence-electron chi connectivity index (χ1n) is 8.81. The van der Waals surface area contributed by atoms with Gasteiger partial charge in [-0.3, -0.25) is 4.79 Å². The summed E-state index contributed by atoms with van der Waals surface area (Å²) < 4.78 is 0.986. The summed E-state index contributed by atoms with van der Waals surface area (Å²) in [5.74, 6) is 0.0392. The predicted octanol–water partition coefficient (Wildman–Crippen LogP) is 3.70. The third-order valence-electron chi connectivity index (χ3n) is 4.55. The number of benzene rings is 2. The van der Waals surface area contributed by atoms with Crippen molar-refractivity contribution in [3.8, 4) is 0 Å². The lowest BCUT2D eigenvalue weighted by atomic mass is 10.1. The van der Waals surface area contributed by atoms with Crippen molar-refractivity contribution in [2.45, 2.75) is 13.0 Å². The molecule has 2 aromatic carbocycles. The van der Waals surface area contributed by atoms with Crippen LogP contribution in [0.4, 0.5) is 4.79 Å². The molecule has 0 radical (unpaired) electrons. The number of urea groups is 1. The molecule has 1 aliphatic rings. The maximum Gasteiger partial charge on any atom is 0.317 e. The fraction of sp³-hybridized carbons (Fsp3) is 0.300. The number of hydrogen-bond acceptors (Lipinski definition) is 2. The van der Waals surface area contributed by atoms with Crippen molar-refractivity contribution in [1.29, 1.82) is 0 Å². The Morgan fingerprint density at radius 3 is 2.41 bits per heavy atom. The fourth-order valence-corrected chi connectivity index (χ4v) is 3.66. The second kappa shape index (κ2) is 9.24. The van der Waals surface area contributed by atoms with Gasteiger partial charge in [-0.2, -0.15) is 0 Å². The number of carbonyl (C=O) groups is 2. The highest BCUT2D eigenvalue weighted by atomic mass is 79.9. The van der Waals surface area contributed by atoms with Crippen LogP contribution in [0.2, 0.25) is 5.02 Å². The summed E-state index contributed by atoms with van der Waals surface area (Å²) in [6.45, 7) is 2.60. The molecule has 7 heteroatoms. The molecule has 1 aliphatic heterocycles. The van der Waals surface area contributed by atoms with Crippen LogP contribution < -0.4 is 5.32 Å². The molecule has 27 heavy (non-hydrogen) atoms. The Morgan fingerprint density at radius 2 is 1.70 bits per heavy atom. The van der Waals surface area contributed by atoms with E-state index in [9.17, 15) is 9.59 Å². The third kappa shape index (κ3) is 5.47. The lowest BCUT2D eigenvalue weighted by molar-refractivity contribution is -0.131. The normalized spacial score (nSPS) is 14.1. The molecular formula is C20H21BrClN3O2. The minimum atomic E-state index is -0.104. The van der Waals surface area contributed by atoms with Crippen molar-refractivity contribution in [1.82, 2.24) is 15.1 Å². The van der Waals surface area contributed by atoms with Crippen molar-refractivity contribution in [3.63, 3.8) is 0 Å². The van der Waals surface area contributed by atoms with Crippen molar-refractivity contribution in [2.24, 2.45) is 0 Å². The molecule has 1 heterocycles. The zero-order valence-electron chi connectivity index (χ0n) is 14.8. The van der Waals surface area contributed by atoms with E-state index < -0.39 is 0 Å². The van der Waals surface area contributed by atoms with Gasteiger partial charge in [0.05, 0.1) is 6.42 Å². The summed E-state index contributed by atoms with van der Waals surface area (Å²) in [4.78, 5) is 28.4. The van der Waals surface area contributed by atoms with Gasteiger partial charge in [0, 0.05) is 42.2 Å². The molecule has 2 aromatic rings. The van der Waals surface area contributed by atoms with Gasteiger partial charge in [0.15, 0.2) is 0 Å². The van der Waals surface area contributed by atoms with Crippen LogP contribution in [0.25, 0.3) is 0 Å². The van der Waals surface area contributed by atoms with Gasteiger partial charge in [0.1, 0.15) is 0 Å². The molecule has 142 valence electrons. The number of piperazine rings is 1. The van der Waals surface area contributed by atoms with E-state index in [0.717, 1.165) is 15.6 Å². The molecule has 5 nitrogen and oxygen atoms in total. The van der Waals surface area contributed by atoms with E-state index in [-0.39, 0.29) is 18.4 Å². The molecule has 1 fully saturated rings. The van der Waals surface area contributed by atoms with Crippen molar-refractivity contribution in [2.75, 3.05) is 26.2 Å². The van der Waals surface area contributed by atoms with E-state index >= 15 is 0 Å². The Balaban J connectivity index is 1.46. The molecule has 0 aliphatic carbocycles. The highest BCUT2D eigenvalue weighted by Gasteiger charge is 2.24. The molecule has 1 saturated heterocycles. The first-order chi connectivity index (χ1) is 13.0. The quantitative estimate of drug-likeness (QED) is 0.772. The highest BCUT2D eigenvalue weighted by Crippen LogP contribution is 2.17. The number of nitrogens with zero attached hydrogens (tertiary/aromatic N) is 2. The Kier molecular flexibility index (Phi) is 6.74. The number of nitrogens with one attached hydrogen (secondary N) is 1. The van der Waals surface area contributed by atoms with Gasteiger partial charge in [-0.1, -0.05) is 57.9 Å². The van der Waals surface area contributed by atoms with Gasteiger partial charge in [0.2, 0.25) is 5.91 Å². The number of amides is 3. The fourth-order valence-electron chi connectivity index (χ4n) is 3.01. The largest absolute Gasteiger partial charge is 0.339 e. The number of carbonyl (C=O) groups excluding carboxylic acids is 2. The van der Waals surface area contributed by atoms with Gasteiger partial charge in [0.25, 0.3) is 0 Å². The van der Waals surface area contributed by atoms with Crippen LogP contribution in [-0.2, 0) is 17.8 Å². The Labute approximate surface area is 172 Å². The molecule has 3 rings (SSSR count). The lowest BCUT2D eigenvalue weighted by Gasteiger charge is -2.34. The van der Waals surface area contributed by atoms with Crippen LogP contribution in [0.1, 0.15) is 11.1 Å². The third-order valence-corrected chi connectivity index (χ3v) is 5.41. The lowest BCUT2D eigenvalue weighted by Crippen LogP contribution is -2.53. The van der Waals surface area contributed by atoms with E-state index in [1.54, 1.807) is 15.9 Å². The minimum Gasteiger partial charge on any atom is -0.339 e. The van der Waals surface area contributed by atoms with Gasteiger partial charge in [-0.05, 0) is 29.3 Å². The predicted molar refractivity (Wildman–Crippen MR) is 110 cm³/mol. The molecule has 0 aromatic heterocycles. The second-order valence-electron chi connectivity index (χ2n) is 6.42. The van der Waals surface area contributed by atoms with Crippen LogP contribution in [-0.4, -0.2) is 47.9 Å². The molecule has 3 amide bonds.